The molecule has 0 aliphatic carbocycles. The number of aliphatic carboxylic acids is 1. The molecule has 0 rings (SSSR count). The Balaban J connectivity index is -0.000000126. The topological polar surface area (TPSA) is 80.7 Å². The van der Waals surface area contributed by atoms with Crippen LogP contribution in [0.25, 0.3) is 0 Å². The maximum Gasteiger partial charge on any atom is 0.316 e. The molecule has 0 heterocycles. The van der Waals surface area contributed by atoms with E-state index in [-0.39, 0.29) is 17.8 Å². The molecule has 0 atom stereocenters. The molecule has 5 nitrogen and oxygen atoms in total. The highest BCUT2D eigenvalue weighted by Crippen LogP contribution is 2.01. The lowest BCUT2D eigenvalue weighted by Crippen LogP contribution is -2.20. The fraction of sp³-hybridized carbons (Fsp3) is 0.688. The quantitative estimate of drug-likeness (QED) is 0.491. The minimum atomic E-state index is -0.741. The van der Waals surface area contributed by atoms with Crippen LogP contribution in [0.5, 0.6) is 0 Å². The van der Waals surface area contributed by atoms with Crippen molar-refractivity contribution >= 4 is 17.9 Å². The number of ether oxygens (including phenoxy) is 1. The number of hydrogen-bond donors (Lipinski definition) is 1. The largest absolute Gasteiger partial charge is 0.481 e. The molecule has 0 aliphatic heterocycles. The molecule has 0 fully saturated rings. The molecule has 0 unspecified atom stereocenters. The summed E-state index contributed by atoms with van der Waals surface area (Å²) in [5.41, 5.74) is 0. The summed E-state index contributed by atoms with van der Waals surface area (Å²) in [4.78, 5) is 31.3. The van der Waals surface area contributed by atoms with E-state index in [1.54, 1.807) is 48.5 Å². The van der Waals surface area contributed by atoms with E-state index < -0.39 is 17.9 Å². The van der Waals surface area contributed by atoms with Gasteiger partial charge in [-0.1, -0.05) is 55.4 Å². The van der Waals surface area contributed by atoms with Gasteiger partial charge in [-0.2, -0.15) is 0 Å². The standard InChI is InChI=1S/C8H14O3.C4H8O2.C2H6.C2H2/c1-5(2)7(9)11-8(10)6(3)4;1-3(2)4(5)6;2*1-2/h5-6H,1-4H3;3H,1-2H3,(H,5,6);1-2H3;1-2H/i;;2*1D. The number of hydrogen-bond acceptors (Lipinski definition) is 4. The van der Waals surface area contributed by atoms with Gasteiger partial charge in [0.2, 0.25) is 0 Å². The van der Waals surface area contributed by atoms with E-state index in [0.29, 0.717) is 6.90 Å². The molecular formula is C16H30O5. The second kappa shape index (κ2) is 18.2. The minimum absolute atomic E-state index is 0.231. The Morgan fingerprint density at radius 3 is 1.29 bits per heavy atom. The van der Waals surface area contributed by atoms with Crippen molar-refractivity contribution in [1.29, 1.82) is 0 Å². The second-order valence-corrected chi connectivity index (χ2v) is 4.54. The molecule has 124 valence electrons. The average molecular weight is 304 g/mol. The third kappa shape index (κ3) is 23.7. The van der Waals surface area contributed by atoms with E-state index >= 15 is 0 Å². The lowest BCUT2D eigenvalue weighted by Gasteiger charge is -2.06. The van der Waals surface area contributed by atoms with Crippen molar-refractivity contribution in [2.24, 2.45) is 17.8 Å². The van der Waals surface area contributed by atoms with Gasteiger partial charge in [-0.3, -0.25) is 14.4 Å². The Labute approximate surface area is 131 Å². The van der Waals surface area contributed by atoms with Gasteiger partial charge in [-0.25, -0.2) is 0 Å². The van der Waals surface area contributed by atoms with Crippen LogP contribution in [-0.4, -0.2) is 23.0 Å². The Morgan fingerprint density at radius 1 is 1.00 bits per heavy atom. The number of carboxylic acids is 1. The van der Waals surface area contributed by atoms with E-state index in [9.17, 15) is 14.4 Å². The highest BCUT2D eigenvalue weighted by molar-refractivity contribution is 5.87. The van der Waals surface area contributed by atoms with Crippen molar-refractivity contribution in [3.63, 3.8) is 0 Å². The zero-order valence-electron chi connectivity index (χ0n) is 16.1. The molecular weight excluding hydrogens is 272 g/mol. The van der Waals surface area contributed by atoms with Crippen LogP contribution >= 0.6 is 0 Å². The zero-order valence-corrected chi connectivity index (χ0v) is 14.1. The Hall–Kier alpha value is -1.83. The summed E-state index contributed by atoms with van der Waals surface area (Å²) >= 11 is 0. The summed E-state index contributed by atoms with van der Waals surface area (Å²) in [6.45, 7) is 12.3. The van der Waals surface area contributed by atoms with Gasteiger partial charge in [-0.15, -0.1) is 12.8 Å². The maximum atomic E-state index is 10.8. The van der Waals surface area contributed by atoms with E-state index in [1.165, 1.54) is 6.40 Å². The first-order chi connectivity index (χ1) is 10.4. The average Bonchev–Trinajstić information content (AvgIpc) is 2.40. The summed E-state index contributed by atoms with van der Waals surface area (Å²) in [6.07, 6.45) is 5.76. The monoisotopic (exact) mass is 304 g/mol. The van der Waals surface area contributed by atoms with Crippen LogP contribution in [0.3, 0.4) is 0 Å². The minimum Gasteiger partial charge on any atom is -0.481 e. The predicted octanol–water partition coefficient (Wildman–Crippen LogP) is 3.37. The van der Waals surface area contributed by atoms with Gasteiger partial charge in [0.05, 0.1) is 17.8 Å². The molecule has 0 saturated carbocycles. The summed E-state index contributed by atoms with van der Waals surface area (Å²) in [5, 5.41) is 7.99. The summed E-state index contributed by atoms with van der Waals surface area (Å²) < 4.78 is 16.4. The molecule has 0 radical (unpaired) electrons. The van der Waals surface area contributed by atoms with Crippen LogP contribution in [0.15, 0.2) is 0 Å². The number of terminal acetylenes is 1. The molecule has 0 bridgehead atoms. The van der Waals surface area contributed by atoms with Crippen molar-refractivity contribution in [1.82, 2.24) is 0 Å². The maximum absolute atomic E-state index is 10.8. The van der Waals surface area contributed by atoms with E-state index in [0.717, 1.165) is 0 Å². The molecule has 5 heteroatoms. The Kier molecular flexibility index (Phi) is 18.6. The fourth-order valence-corrected chi connectivity index (χ4v) is 0.335. The molecule has 0 saturated heterocycles. The van der Waals surface area contributed by atoms with E-state index in [1.807, 2.05) is 0 Å². The number of carbonyl (C=O) groups excluding carboxylic acids is 2. The molecule has 0 aromatic carbocycles. The van der Waals surface area contributed by atoms with Gasteiger partial charge in [0, 0.05) is 1.37 Å². The van der Waals surface area contributed by atoms with Gasteiger partial charge in [0.15, 0.2) is 0 Å². The van der Waals surface area contributed by atoms with Gasteiger partial charge in [0.1, 0.15) is 1.37 Å². The lowest BCUT2D eigenvalue weighted by molar-refractivity contribution is -0.164. The summed E-state index contributed by atoms with van der Waals surface area (Å²) in [6, 6.07) is 0. The molecule has 0 spiro atoms. The molecule has 0 amide bonds. The zero-order chi connectivity index (χ0) is 19.6. The van der Waals surface area contributed by atoms with Crippen molar-refractivity contribution in [2.75, 3.05) is 0 Å². The first-order valence-electron chi connectivity index (χ1n) is 7.78. The van der Waals surface area contributed by atoms with Crippen LogP contribution in [0.2, 0.25) is 0 Å². The number of esters is 2. The van der Waals surface area contributed by atoms with Crippen LogP contribution < -0.4 is 0 Å². The van der Waals surface area contributed by atoms with Gasteiger partial charge in [-0.05, 0) is 0 Å². The second-order valence-electron chi connectivity index (χ2n) is 4.54. The molecule has 1 N–H and O–H groups in total. The number of rotatable bonds is 3. The van der Waals surface area contributed by atoms with Gasteiger partial charge >= 0.3 is 17.9 Å². The third-order valence-electron chi connectivity index (χ3n) is 1.64. The van der Waals surface area contributed by atoms with Crippen molar-refractivity contribution < 1.29 is 27.0 Å². The smallest absolute Gasteiger partial charge is 0.316 e. The first kappa shape index (κ1) is 21.5. The molecule has 0 aliphatic rings. The number of carbonyl (C=O) groups is 3. The van der Waals surface area contributed by atoms with Crippen molar-refractivity contribution in [3.05, 3.63) is 0 Å². The Bertz CT molecular complexity index is 340. The SMILES string of the molecule is CC(C)C(=O)O.CC(C)C(=O)OC(=O)C(C)C.[2H]C#C.[2H]CC. The Morgan fingerprint density at radius 2 is 1.19 bits per heavy atom. The van der Waals surface area contributed by atoms with Crippen LogP contribution in [0, 0.1) is 30.6 Å². The van der Waals surface area contributed by atoms with Crippen LogP contribution in [0.1, 0.15) is 58.1 Å². The normalized spacial score (nSPS) is 9.38. The van der Waals surface area contributed by atoms with E-state index in [2.05, 4.69) is 11.2 Å². The van der Waals surface area contributed by atoms with Crippen LogP contribution in [-0.2, 0) is 19.1 Å². The third-order valence-corrected chi connectivity index (χ3v) is 1.64. The summed E-state index contributed by atoms with van der Waals surface area (Å²) in [7, 11) is 0. The molecule has 0 aromatic rings. The first-order valence-corrected chi connectivity index (χ1v) is 6.57. The highest BCUT2D eigenvalue weighted by Gasteiger charge is 2.16. The number of carboxylic acid groups (broad SMARTS) is 1. The summed E-state index contributed by atoms with van der Waals surface area (Å²) in [5.74, 6) is -2.36. The molecule has 21 heavy (non-hydrogen) atoms. The molecule has 0 aromatic heterocycles. The lowest BCUT2D eigenvalue weighted by atomic mass is 10.2. The van der Waals surface area contributed by atoms with Crippen molar-refractivity contribution in [2.45, 2.75) is 55.4 Å². The van der Waals surface area contributed by atoms with E-state index in [4.69, 9.17) is 7.85 Å². The highest BCUT2D eigenvalue weighted by atomic mass is 16.6. The van der Waals surface area contributed by atoms with Crippen molar-refractivity contribution in [3.8, 4) is 12.8 Å². The van der Waals surface area contributed by atoms with Crippen LogP contribution in [0.4, 0.5) is 0 Å². The predicted molar refractivity (Wildman–Crippen MR) is 84.5 cm³/mol. The fourth-order valence-electron chi connectivity index (χ4n) is 0.335. The van der Waals surface area contributed by atoms with Gasteiger partial charge < -0.3 is 9.84 Å². The van der Waals surface area contributed by atoms with Gasteiger partial charge in [0.25, 0.3) is 0 Å².